The average Bonchev–Trinajstić information content (AvgIpc) is 2.79. The van der Waals surface area contributed by atoms with Gasteiger partial charge in [0.25, 0.3) is 0 Å². The van der Waals surface area contributed by atoms with Gasteiger partial charge in [-0.1, -0.05) is 13.0 Å². The van der Waals surface area contributed by atoms with E-state index in [1.165, 1.54) is 4.31 Å². The molecule has 0 N–H and O–H groups in total. The normalized spacial score (nSPS) is 18.0. The smallest absolute Gasteiger partial charge is 0.228 e. The zero-order valence-corrected chi connectivity index (χ0v) is 19.2. The van der Waals surface area contributed by atoms with Crippen LogP contribution in [0.1, 0.15) is 37.9 Å². The fourth-order valence-electron chi connectivity index (χ4n) is 3.98. The molecule has 2 aliphatic rings. The Morgan fingerprint density at radius 3 is 2.58 bits per heavy atom. The molecule has 1 saturated heterocycles. The predicted molar refractivity (Wildman–Crippen MR) is 119 cm³/mol. The van der Waals surface area contributed by atoms with Gasteiger partial charge in [-0.3, -0.25) is 0 Å². The third-order valence-electron chi connectivity index (χ3n) is 6.06. The van der Waals surface area contributed by atoms with Gasteiger partial charge in [0.2, 0.25) is 21.9 Å². The zero-order valence-electron chi connectivity index (χ0n) is 18.4. The number of hydrogen-bond acceptors (Lipinski definition) is 7. The van der Waals surface area contributed by atoms with Crippen molar-refractivity contribution in [3.8, 4) is 17.4 Å². The minimum absolute atomic E-state index is 0.0688. The minimum Gasteiger partial charge on any atom is -0.497 e. The monoisotopic (exact) mass is 446 g/mol. The molecule has 9 heteroatoms. The van der Waals surface area contributed by atoms with E-state index in [0.717, 1.165) is 37.2 Å². The first kappa shape index (κ1) is 21.8. The van der Waals surface area contributed by atoms with Crippen LogP contribution in [0.15, 0.2) is 24.3 Å². The predicted octanol–water partition coefficient (Wildman–Crippen LogP) is 3.22. The Bertz CT molecular complexity index is 1040. The highest BCUT2D eigenvalue weighted by molar-refractivity contribution is 7.89. The van der Waals surface area contributed by atoms with Crippen molar-refractivity contribution < 1.29 is 17.9 Å². The van der Waals surface area contributed by atoms with E-state index in [9.17, 15) is 8.42 Å². The molecule has 1 aromatic heterocycles. The molecule has 8 nitrogen and oxygen atoms in total. The van der Waals surface area contributed by atoms with Gasteiger partial charge in [0, 0.05) is 38.7 Å². The third kappa shape index (κ3) is 4.77. The van der Waals surface area contributed by atoms with Crippen molar-refractivity contribution in [3.05, 3.63) is 35.5 Å². The molecule has 3 heterocycles. The van der Waals surface area contributed by atoms with Crippen LogP contribution in [0.5, 0.6) is 17.4 Å². The molecule has 2 aromatic rings. The van der Waals surface area contributed by atoms with Gasteiger partial charge in [-0.15, -0.1) is 0 Å². The van der Waals surface area contributed by atoms with E-state index in [1.54, 1.807) is 20.1 Å². The summed E-state index contributed by atoms with van der Waals surface area (Å²) in [5.74, 6) is 3.13. The molecule has 0 spiro atoms. The molecule has 0 amide bonds. The van der Waals surface area contributed by atoms with Crippen LogP contribution in [0.3, 0.4) is 0 Å². The van der Waals surface area contributed by atoms with Crippen molar-refractivity contribution in [3.63, 3.8) is 0 Å². The molecule has 0 radical (unpaired) electrons. The van der Waals surface area contributed by atoms with E-state index in [4.69, 9.17) is 19.4 Å². The van der Waals surface area contributed by atoms with Gasteiger partial charge in [0.1, 0.15) is 11.5 Å². The summed E-state index contributed by atoms with van der Waals surface area (Å²) in [5.41, 5.74) is 1.60. The van der Waals surface area contributed by atoms with Crippen molar-refractivity contribution in [2.24, 2.45) is 5.92 Å². The highest BCUT2D eigenvalue weighted by Crippen LogP contribution is 2.34. The molecular weight excluding hydrogens is 416 g/mol. The first-order valence-corrected chi connectivity index (χ1v) is 12.4. The van der Waals surface area contributed by atoms with Crippen molar-refractivity contribution in [1.82, 2.24) is 14.3 Å². The van der Waals surface area contributed by atoms with Gasteiger partial charge < -0.3 is 14.4 Å². The van der Waals surface area contributed by atoms with Gasteiger partial charge in [0.15, 0.2) is 0 Å². The summed E-state index contributed by atoms with van der Waals surface area (Å²) < 4.78 is 38.0. The molecule has 0 unspecified atom stereocenters. The summed E-state index contributed by atoms with van der Waals surface area (Å²) in [4.78, 5) is 11.8. The first-order valence-electron chi connectivity index (χ1n) is 10.8. The second-order valence-electron chi connectivity index (χ2n) is 8.19. The fourth-order valence-corrected chi connectivity index (χ4v) is 5.04. The van der Waals surface area contributed by atoms with Crippen LogP contribution in [0.4, 0.5) is 5.95 Å². The lowest BCUT2D eigenvalue weighted by molar-refractivity contribution is 0.367. The number of anilines is 1. The highest BCUT2D eigenvalue weighted by Gasteiger charge is 2.31. The van der Waals surface area contributed by atoms with Crippen molar-refractivity contribution in [1.29, 1.82) is 0 Å². The zero-order chi connectivity index (χ0) is 22.0. The topological polar surface area (TPSA) is 84.9 Å². The number of aromatic nitrogens is 2. The number of piperidine rings is 1. The Morgan fingerprint density at radius 2 is 1.87 bits per heavy atom. The Kier molecular flexibility index (Phi) is 6.34. The second kappa shape index (κ2) is 9.00. The van der Waals surface area contributed by atoms with Crippen LogP contribution in [0.2, 0.25) is 0 Å². The van der Waals surface area contributed by atoms with Crippen LogP contribution < -0.4 is 14.4 Å². The van der Waals surface area contributed by atoms with Gasteiger partial charge in [-0.25, -0.2) is 13.4 Å². The van der Waals surface area contributed by atoms with Crippen LogP contribution in [0.25, 0.3) is 0 Å². The molecule has 0 aliphatic carbocycles. The standard InChI is InChI=1S/C22H30N4O4S/c1-4-31(27,28)26-13-10-20-19(15-26)21(30-18-7-5-6-17(14-18)29-3)24-22(23-20)25-11-8-16(2)9-12-25/h5-7,14,16H,4,8-13,15H2,1-3H3. The lowest BCUT2D eigenvalue weighted by atomic mass is 9.99. The number of nitrogens with zero attached hydrogens (tertiary/aromatic N) is 4. The Hall–Kier alpha value is -2.39. The van der Waals surface area contributed by atoms with Crippen molar-refractivity contribution >= 4 is 16.0 Å². The van der Waals surface area contributed by atoms with Crippen molar-refractivity contribution in [2.45, 2.75) is 39.7 Å². The molecule has 1 aromatic carbocycles. The Balaban J connectivity index is 1.71. The largest absolute Gasteiger partial charge is 0.497 e. The molecule has 168 valence electrons. The second-order valence-corrected chi connectivity index (χ2v) is 10.4. The van der Waals surface area contributed by atoms with E-state index in [-0.39, 0.29) is 12.3 Å². The van der Waals surface area contributed by atoms with Gasteiger partial charge in [-0.05, 0) is 37.8 Å². The summed E-state index contributed by atoms with van der Waals surface area (Å²) in [6, 6.07) is 7.32. The SMILES string of the molecule is CCS(=O)(=O)N1CCc2nc(N3CCC(C)CC3)nc(Oc3cccc(OC)c3)c2C1. The lowest BCUT2D eigenvalue weighted by Gasteiger charge is -2.32. The van der Waals surface area contributed by atoms with Crippen LogP contribution in [-0.4, -0.2) is 55.2 Å². The first-order chi connectivity index (χ1) is 14.9. The summed E-state index contributed by atoms with van der Waals surface area (Å²) in [6.45, 7) is 6.40. The quantitative estimate of drug-likeness (QED) is 0.673. The van der Waals surface area contributed by atoms with E-state index < -0.39 is 10.0 Å². The molecular formula is C22H30N4O4S. The number of hydrogen-bond donors (Lipinski definition) is 0. The highest BCUT2D eigenvalue weighted by atomic mass is 32.2. The number of sulfonamides is 1. The molecule has 2 aliphatic heterocycles. The maximum atomic E-state index is 12.5. The van der Waals surface area contributed by atoms with E-state index in [1.807, 2.05) is 18.2 Å². The molecule has 4 rings (SSSR count). The van der Waals surface area contributed by atoms with Gasteiger partial charge >= 0.3 is 0 Å². The number of methoxy groups -OCH3 is 1. The summed E-state index contributed by atoms with van der Waals surface area (Å²) in [5, 5.41) is 0. The maximum Gasteiger partial charge on any atom is 0.228 e. The summed E-state index contributed by atoms with van der Waals surface area (Å²) in [6.07, 6.45) is 2.76. The number of fused-ring (bicyclic) bond motifs is 1. The number of rotatable bonds is 6. The Labute approximate surface area is 184 Å². The fraction of sp³-hybridized carbons (Fsp3) is 0.545. The number of benzene rings is 1. The van der Waals surface area contributed by atoms with Crippen molar-refractivity contribution in [2.75, 3.05) is 37.4 Å². The van der Waals surface area contributed by atoms with Crippen LogP contribution >= 0.6 is 0 Å². The minimum atomic E-state index is -3.31. The lowest BCUT2D eigenvalue weighted by Crippen LogP contribution is -2.38. The average molecular weight is 447 g/mol. The van der Waals surface area contributed by atoms with E-state index in [2.05, 4.69) is 11.8 Å². The Morgan fingerprint density at radius 1 is 1.13 bits per heavy atom. The molecule has 1 fully saturated rings. The molecule has 0 atom stereocenters. The summed E-state index contributed by atoms with van der Waals surface area (Å²) >= 11 is 0. The number of ether oxygens (including phenoxy) is 2. The van der Waals surface area contributed by atoms with Crippen LogP contribution in [0, 0.1) is 5.92 Å². The van der Waals surface area contributed by atoms with Gasteiger partial charge in [0.05, 0.1) is 24.1 Å². The molecule has 31 heavy (non-hydrogen) atoms. The van der Waals surface area contributed by atoms with Crippen LogP contribution in [-0.2, 0) is 23.0 Å². The summed E-state index contributed by atoms with van der Waals surface area (Å²) in [7, 11) is -1.70. The van der Waals surface area contributed by atoms with E-state index in [0.29, 0.717) is 42.2 Å². The van der Waals surface area contributed by atoms with Gasteiger partial charge in [-0.2, -0.15) is 9.29 Å². The maximum absolute atomic E-state index is 12.5. The molecule has 0 saturated carbocycles. The van der Waals surface area contributed by atoms with E-state index >= 15 is 0 Å². The molecule has 0 bridgehead atoms. The third-order valence-corrected chi connectivity index (χ3v) is 7.88.